The highest BCUT2D eigenvalue weighted by Crippen LogP contribution is 2.32. The second kappa shape index (κ2) is 9.71. The number of hydrogen-bond donors (Lipinski definition) is 3. The molecule has 0 saturated carbocycles. The van der Waals surface area contributed by atoms with Gasteiger partial charge >= 0.3 is 5.97 Å². The van der Waals surface area contributed by atoms with Gasteiger partial charge in [0.15, 0.2) is 17.3 Å². The highest BCUT2D eigenvalue weighted by Gasteiger charge is 2.22. The van der Waals surface area contributed by atoms with Crippen LogP contribution in [0.1, 0.15) is 10.5 Å². The number of carboxylic acids is 1. The standard InChI is InChI=1S/C23H26N8O3/c1-24-21-19(16-11-25-12-17-18(16)26-13-31(17)3)28-20(23(32)33)22(29-21)27-14-5-7-15(8-6-14)30(2)9-10-34-4/h5-8,11-13H,9-10H2,1-4H3,(H,32,33)(H2,24,27,29). The second-order valence-electron chi connectivity index (χ2n) is 7.67. The number of benzene rings is 1. The Morgan fingerprint density at radius 1 is 1.18 bits per heavy atom. The molecule has 4 rings (SSSR count). The van der Waals surface area contributed by atoms with E-state index in [0.717, 1.165) is 17.7 Å². The molecule has 11 heteroatoms. The van der Waals surface area contributed by atoms with E-state index in [1.807, 2.05) is 42.9 Å². The number of nitrogens with one attached hydrogen (secondary N) is 2. The fourth-order valence-corrected chi connectivity index (χ4v) is 3.54. The van der Waals surface area contributed by atoms with Crippen LogP contribution in [0, 0.1) is 0 Å². The van der Waals surface area contributed by atoms with E-state index >= 15 is 0 Å². The third-order valence-corrected chi connectivity index (χ3v) is 5.43. The van der Waals surface area contributed by atoms with Crippen molar-refractivity contribution in [1.29, 1.82) is 0 Å². The summed E-state index contributed by atoms with van der Waals surface area (Å²) in [6, 6.07) is 7.59. The summed E-state index contributed by atoms with van der Waals surface area (Å²) >= 11 is 0. The van der Waals surface area contributed by atoms with Crippen LogP contribution in [0.15, 0.2) is 43.0 Å². The van der Waals surface area contributed by atoms with Crippen molar-refractivity contribution in [2.24, 2.45) is 7.05 Å². The largest absolute Gasteiger partial charge is 0.476 e. The summed E-state index contributed by atoms with van der Waals surface area (Å²) in [4.78, 5) is 31.8. The molecule has 0 aliphatic carbocycles. The van der Waals surface area contributed by atoms with Gasteiger partial charge in [-0.2, -0.15) is 0 Å². The van der Waals surface area contributed by atoms with Gasteiger partial charge in [-0.25, -0.2) is 19.7 Å². The minimum atomic E-state index is -1.20. The average molecular weight is 463 g/mol. The summed E-state index contributed by atoms with van der Waals surface area (Å²) in [5, 5.41) is 16.0. The van der Waals surface area contributed by atoms with Gasteiger partial charge in [-0.15, -0.1) is 0 Å². The van der Waals surface area contributed by atoms with Gasteiger partial charge in [-0.1, -0.05) is 0 Å². The molecular formula is C23H26N8O3. The molecule has 0 fully saturated rings. The van der Waals surface area contributed by atoms with Crippen molar-refractivity contribution < 1.29 is 14.6 Å². The summed E-state index contributed by atoms with van der Waals surface area (Å²) in [7, 11) is 7.21. The SMILES string of the molecule is CNc1nc(Nc2ccc(N(C)CCOC)cc2)c(C(=O)O)nc1-c1cncc2c1ncn2C. The number of aryl methyl sites for hydroxylation is 1. The molecule has 0 aliphatic rings. The van der Waals surface area contributed by atoms with E-state index in [1.54, 1.807) is 32.9 Å². The van der Waals surface area contributed by atoms with E-state index in [9.17, 15) is 9.90 Å². The van der Waals surface area contributed by atoms with Crippen molar-refractivity contribution >= 4 is 40.0 Å². The number of ether oxygens (including phenoxy) is 1. The lowest BCUT2D eigenvalue weighted by molar-refractivity contribution is 0.0691. The summed E-state index contributed by atoms with van der Waals surface area (Å²) in [5.41, 5.74) is 3.90. The van der Waals surface area contributed by atoms with Crippen molar-refractivity contribution in [3.63, 3.8) is 0 Å². The predicted molar refractivity (Wildman–Crippen MR) is 131 cm³/mol. The topological polar surface area (TPSA) is 130 Å². The number of carbonyl (C=O) groups is 1. The van der Waals surface area contributed by atoms with Gasteiger partial charge in [-0.05, 0) is 24.3 Å². The first-order valence-corrected chi connectivity index (χ1v) is 10.6. The van der Waals surface area contributed by atoms with E-state index in [4.69, 9.17) is 4.74 Å². The molecule has 0 saturated heterocycles. The minimum absolute atomic E-state index is 0.127. The molecule has 0 aliphatic heterocycles. The van der Waals surface area contributed by atoms with Crippen LogP contribution in [0.5, 0.6) is 0 Å². The molecule has 0 bridgehead atoms. The number of rotatable bonds is 9. The molecule has 34 heavy (non-hydrogen) atoms. The maximum atomic E-state index is 12.1. The van der Waals surface area contributed by atoms with Gasteiger partial charge < -0.3 is 29.9 Å². The molecule has 4 aromatic rings. The van der Waals surface area contributed by atoms with Crippen LogP contribution in [0.3, 0.4) is 0 Å². The number of carboxylic acid groups (broad SMARTS) is 1. The van der Waals surface area contributed by atoms with E-state index in [0.29, 0.717) is 34.9 Å². The number of hydrogen-bond acceptors (Lipinski definition) is 9. The van der Waals surface area contributed by atoms with Gasteiger partial charge in [0, 0.05) is 52.4 Å². The van der Waals surface area contributed by atoms with Crippen LogP contribution in [0.4, 0.5) is 23.0 Å². The van der Waals surface area contributed by atoms with Crippen LogP contribution in [0.25, 0.3) is 22.3 Å². The van der Waals surface area contributed by atoms with Crippen LogP contribution < -0.4 is 15.5 Å². The molecule has 3 N–H and O–H groups in total. The smallest absolute Gasteiger partial charge is 0.358 e. The van der Waals surface area contributed by atoms with Crippen LogP contribution in [-0.2, 0) is 11.8 Å². The van der Waals surface area contributed by atoms with Crippen molar-refractivity contribution in [1.82, 2.24) is 24.5 Å². The number of aromatic carboxylic acids is 1. The summed E-state index contributed by atoms with van der Waals surface area (Å²) in [6.45, 7) is 1.37. The molecule has 11 nitrogen and oxygen atoms in total. The van der Waals surface area contributed by atoms with E-state index in [-0.39, 0.29) is 11.5 Å². The Morgan fingerprint density at radius 3 is 2.62 bits per heavy atom. The number of fused-ring (bicyclic) bond motifs is 1. The van der Waals surface area contributed by atoms with Gasteiger partial charge in [0.05, 0.1) is 30.2 Å². The third kappa shape index (κ3) is 4.46. The van der Waals surface area contributed by atoms with Crippen molar-refractivity contribution in [3.05, 3.63) is 48.7 Å². The van der Waals surface area contributed by atoms with Crippen LogP contribution in [-0.4, -0.2) is 69.9 Å². The quantitative estimate of drug-likeness (QED) is 0.341. The summed E-state index contributed by atoms with van der Waals surface area (Å²) < 4.78 is 6.96. The van der Waals surface area contributed by atoms with E-state index in [1.165, 1.54) is 0 Å². The Balaban J connectivity index is 1.71. The molecule has 0 radical (unpaired) electrons. The summed E-state index contributed by atoms with van der Waals surface area (Å²) in [5.74, 6) is -0.665. The number of methoxy groups -OCH3 is 1. The monoisotopic (exact) mass is 462 g/mol. The zero-order valence-electron chi connectivity index (χ0n) is 19.4. The van der Waals surface area contributed by atoms with Gasteiger partial charge in [-0.3, -0.25) is 4.98 Å². The molecule has 0 spiro atoms. The maximum Gasteiger partial charge on any atom is 0.358 e. The Hall–Kier alpha value is -4.25. The molecule has 1 aromatic carbocycles. The number of imidazole rings is 1. The number of anilines is 4. The Kier molecular flexibility index (Phi) is 6.55. The fraction of sp³-hybridized carbons (Fsp3) is 0.261. The first-order valence-electron chi connectivity index (χ1n) is 10.6. The van der Waals surface area contributed by atoms with Crippen molar-refractivity contribution in [2.75, 3.05) is 49.9 Å². The molecule has 0 amide bonds. The van der Waals surface area contributed by atoms with E-state index in [2.05, 4.69) is 35.5 Å². The molecular weight excluding hydrogens is 436 g/mol. The number of likely N-dealkylation sites (N-methyl/N-ethyl adjacent to an activating group) is 1. The normalized spacial score (nSPS) is 10.9. The number of pyridine rings is 1. The first kappa shape index (κ1) is 22.9. The molecule has 176 valence electrons. The Labute approximate surface area is 196 Å². The average Bonchev–Trinajstić information content (AvgIpc) is 3.23. The van der Waals surface area contributed by atoms with Crippen LogP contribution >= 0.6 is 0 Å². The zero-order chi connectivity index (χ0) is 24.2. The van der Waals surface area contributed by atoms with Gasteiger partial charge in [0.1, 0.15) is 11.2 Å². The second-order valence-corrected chi connectivity index (χ2v) is 7.67. The lowest BCUT2D eigenvalue weighted by Gasteiger charge is -2.19. The summed E-state index contributed by atoms with van der Waals surface area (Å²) in [6.07, 6.45) is 4.98. The molecule has 3 heterocycles. The molecule has 0 atom stereocenters. The van der Waals surface area contributed by atoms with Gasteiger partial charge in [0.2, 0.25) is 0 Å². The fourth-order valence-electron chi connectivity index (χ4n) is 3.54. The Morgan fingerprint density at radius 2 is 1.94 bits per heavy atom. The van der Waals surface area contributed by atoms with Crippen molar-refractivity contribution in [3.8, 4) is 11.3 Å². The Bertz CT molecular complexity index is 1320. The number of aromatic nitrogens is 5. The third-order valence-electron chi connectivity index (χ3n) is 5.43. The zero-order valence-corrected chi connectivity index (χ0v) is 19.4. The number of nitrogens with zero attached hydrogens (tertiary/aromatic N) is 6. The maximum absolute atomic E-state index is 12.1. The predicted octanol–water partition coefficient (Wildman–Crippen LogP) is 2.99. The van der Waals surface area contributed by atoms with E-state index < -0.39 is 5.97 Å². The highest BCUT2D eigenvalue weighted by atomic mass is 16.5. The highest BCUT2D eigenvalue weighted by molar-refractivity contribution is 5.97. The lowest BCUT2D eigenvalue weighted by Crippen LogP contribution is -2.21. The van der Waals surface area contributed by atoms with Crippen LogP contribution in [0.2, 0.25) is 0 Å². The van der Waals surface area contributed by atoms with Gasteiger partial charge in [0.25, 0.3) is 0 Å². The lowest BCUT2D eigenvalue weighted by atomic mass is 10.1. The molecule has 0 unspecified atom stereocenters. The van der Waals surface area contributed by atoms with Crippen molar-refractivity contribution in [2.45, 2.75) is 0 Å². The molecule has 3 aromatic heterocycles. The first-order chi connectivity index (χ1) is 16.4. The minimum Gasteiger partial charge on any atom is -0.476 e.